The van der Waals surface area contributed by atoms with Crippen molar-refractivity contribution >= 4 is 35.3 Å². The number of hydrogen-bond donors (Lipinski definition) is 2. The molecule has 8 heteroatoms. The molecule has 0 saturated carbocycles. The minimum absolute atomic E-state index is 0.354. The van der Waals surface area contributed by atoms with Gasteiger partial charge in [0.05, 0.1) is 13.3 Å². The van der Waals surface area contributed by atoms with Crippen LogP contribution in [0.2, 0.25) is 5.02 Å². The predicted molar refractivity (Wildman–Crippen MR) is 129 cm³/mol. The molecular formula is C25H24ClN3O4. The first-order chi connectivity index (χ1) is 15.9. The molecule has 3 aromatic rings. The van der Waals surface area contributed by atoms with E-state index in [2.05, 4.69) is 15.8 Å². The van der Waals surface area contributed by atoms with Crippen LogP contribution in [0, 0.1) is 13.8 Å². The molecule has 0 aliphatic carbocycles. The van der Waals surface area contributed by atoms with Crippen LogP contribution >= 0.6 is 11.6 Å². The fourth-order valence-corrected chi connectivity index (χ4v) is 3.10. The fraction of sp³-hybridized carbons (Fsp3) is 0.160. The van der Waals surface area contributed by atoms with Crippen molar-refractivity contribution in [1.82, 2.24) is 5.43 Å². The molecule has 170 valence electrons. The molecule has 0 bridgehead atoms. The molecule has 0 atom stereocenters. The van der Waals surface area contributed by atoms with Crippen LogP contribution in [0.3, 0.4) is 0 Å². The lowest BCUT2D eigenvalue weighted by Crippen LogP contribution is -2.32. The number of benzene rings is 3. The summed E-state index contributed by atoms with van der Waals surface area (Å²) in [5.41, 5.74) is 6.35. The molecule has 0 fully saturated rings. The predicted octanol–water partition coefficient (Wildman–Crippen LogP) is 4.63. The van der Waals surface area contributed by atoms with E-state index in [0.717, 1.165) is 16.7 Å². The lowest BCUT2D eigenvalue weighted by atomic mass is 10.1. The van der Waals surface area contributed by atoms with Gasteiger partial charge in [0.25, 0.3) is 0 Å². The van der Waals surface area contributed by atoms with E-state index in [1.807, 2.05) is 38.1 Å². The maximum atomic E-state index is 12.1. The summed E-state index contributed by atoms with van der Waals surface area (Å²) in [4.78, 5) is 24.1. The van der Waals surface area contributed by atoms with Crippen LogP contribution in [0.5, 0.6) is 11.5 Å². The first kappa shape index (κ1) is 23.8. The molecule has 0 aliphatic rings. The van der Waals surface area contributed by atoms with Crippen molar-refractivity contribution in [3.8, 4) is 11.5 Å². The Labute approximate surface area is 197 Å². The van der Waals surface area contributed by atoms with E-state index in [0.29, 0.717) is 34.4 Å². The maximum Gasteiger partial charge on any atom is 0.329 e. The van der Waals surface area contributed by atoms with Crippen LogP contribution in [-0.4, -0.2) is 25.1 Å². The molecule has 0 radical (unpaired) electrons. The van der Waals surface area contributed by atoms with E-state index in [4.69, 9.17) is 21.1 Å². The molecule has 0 spiro atoms. The second-order valence-corrected chi connectivity index (χ2v) is 7.73. The third-order valence-corrected chi connectivity index (χ3v) is 4.96. The summed E-state index contributed by atoms with van der Waals surface area (Å²) >= 11 is 5.90. The minimum Gasteiger partial charge on any atom is -0.493 e. The molecule has 0 unspecified atom stereocenters. The quantitative estimate of drug-likeness (QED) is 0.302. The Morgan fingerprint density at radius 3 is 2.42 bits per heavy atom. The Kier molecular flexibility index (Phi) is 8.05. The Morgan fingerprint density at radius 2 is 1.73 bits per heavy atom. The number of nitrogens with zero attached hydrogens (tertiary/aromatic N) is 1. The molecule has 0 aliphatic heterocycles. The summed E-state index contributed by atoms with van der Waals surface area (Å²) < 4.78 is 11.2. The third kappa shape index (κ3) is 6.82. The highest BCUT2D eigenvalue weighted by molar-refractivity contribution is 6.39. The second-order valence-electron chi connectivity index (χ2n) is 7.30. The van der Waals surface area contributed by atoms with Crippen LogP contribution in [0.4, 0.5) is 5.69 Å². The van der Waals surface area contributed by atoms with Gasteiger partial charge in [-0.15, -0.1) is 0 Å². The smallest absolute Gasteiger partial charge is 0.329 e. The first-order valence-corrected chi connectivity index (χ1v) is 10.5. The summed E-state index contributed by atoms with van der Waals surface area (Å²) in [6.45, 7) is 4.16. The zero-order valence-corrected chi connectivity index (χ0v) is 19.3. The van der Waals surface area contributed by atoms with Gasteiger partial charge in [0.15, 0.2) is 11.5 Å². The number of rotatable bonds is 7. The molecule has 3 rings (SSSR count). The fourth-order valence-electron chi connectivity index (χ4n) is 2.97. The van der Waals surface area contributed by atoms with Crippen LogP contribution in [-0.2, 0) is 16.2 Å². The van der Waals surface area contributed by atoms with Crippen molar-refractivity contribution in [3.63, 3.8) is 0 Å². The highest BCUT2D eigenvalue weighted by Gasteiger charge is 2.14. The average Bonchev–Trinajstić information content (AvgIpc) is 2.80. The summed E-state index contributed by atoms with van der Waals surface area (Å²) in [5.74, 6) is -0.614. The Morgan fingerprint density at radius 1 is 0.970 bits per heavy atom. The van der Waals surface area contributed by atoms with E-state index < -0.39 is 11.8 Å². The molecule has 3 aromatic carbocycles. The summed E-state index contributed by atoms with van der Waals surface area (Å²) in [6, 6.07) is 18.1. The molecule has 33 heavy (non-hydrogen) atoms. The Hall–Kier alpha value is -3.84. The van der Waals surface area contributed by atoms with Crippen molar-refractivity contribution < 1.29 is 19.1 Å². The number of ether oxygens (including phenoxy) is 2. The molecule has 2 N–H and O–H groups in total. The number of amides is 2. The van der Waals surface area contributed by atoms with E-state index in [1.165, 1.54) is 13.3 Å². The zero-order chi connectivity index (χ0) is 23.8. The number of halogens is 1. The maximum absolute atomic E-state index is 12.1. The van der Waals surface area contributed by atoms with Gasteiger partial charge in [0.2, 0.25) is 0 Å². The molecule has 0 heterocycles. The number of carbonyl (C=O) groups is 2. The van der Waals surface area contributed by atoms with Gasteiger partial charge in [0.1, 0.15) is 6.61 Å². The SMILES string of the molecule is COc1cc(/C=N/NC(=O)C(=O)Nc2ccc(C)cc2C)ccc1OCc1ccc(Cl)cc1. The van der Waals surface area contributed by atoms with E-state index in [-0.39, 0.29) is 0 Å². The average molecular weight is 466 g/mol. The lowest BCUT2D eigenvalue weighted by Gasteiger charge is -2.11. The van der Waals surface area contributed by atoms with Crippen molar-refractivity contribution in [2.45, 2.75) is 20.5 Å². The van der Waals surface area contributed by atoms with Crippen LogP contribution < -0.4 is 20.2 Å². The van der Waals surface area contributed by atoms with Gasteiger partial charge in [0, 0.05) is 10.7 Å². The molecule has 7 nitrogen and oxygen atoms in total. The van der Waals surface area contributed by atoms with Crippen LogP contribution in [0.15, 0.2) is 65.8 Å². The molecule has 0 aromatic heterocycles. The van der Waals surface area contributed by atoms with Gasteiger partial charge >= 0.3 is 11.8 Å². The number of hydrogen-bond acceptors (Lipinski definition) is 5. The van der Waals surface area contributed by atoms with E-state index >= 15 is 0 Å². The second kappa shape index (κ2) is 11.2. The van der Waals surface area contributed by atoms with Crippen LogP contribution in [0.25, 0.3) is 0 Å². The van der Waals surface area contributed by atoms with Crippen LogP contribution in [0.1, 0.15) is 22.3 Å². The molecular weight excluding hydrogens is 442 g/mol. The number of anilines is 1. The zero-order valence-electron chi connectivity index (χ0n) is 18.5. The highest BCUT2D eigenvalue weighted by Crippen LogP contribution is 2.28. The number of hydrazone groups is 1. The normalized spacial score (nSPS) is 10.7. The largest absolute Gasteiger partial charge is 0.493 e. The van der Waals surface area contributed by atoms with Gasteiger partial charge in [-0.05, 0) is 66.9 Å². The van der Waals surface area contributed by atoms with Gasteiger partial charge < -0.3 is 14.8 Å². The molecule has 2 amide bonds. The third-order valence-electron chi connectivity index (χ3n) is 4.71. The van der Waals surface area contributed by atoms with Gasteiger partial charge in [-0.2, -0.15) is 5.10 Å². The number of carbonyl (C=O) groups excluding carboxylic acids is 2. The number of aryl methyl sites for hydroxylation is 2. The lowest BCUT2D eigenvalue weighted by molar-refractivity contribution is -0.136. The number of methoxy groups -OCH3 is 1. The summed E-state index contributed by atoms with van der Waals surface area (Å²) in [6.07, 6.45) is 1.41. The van der Waals surface area contributed by atoms with Crippen molar-refractivity contribution in [1.29, 1.82) is 0 Å². The first-order valence-electron chi connectivity index (χ1n) is 10.1. The summed E-state index contributed by atoms with van der Waals surface area (Å²) in [5, 5.41) is 7.09. The Bertz CT molecular complexity index is 1180. The summed E-state index contributed by atoms with van der Waals surface area (Å²) in [7, 11) is 1.53. The minimum atomic E-state index is -0.874. The number of nitrogens with one attached hydrogen (secondary N) is 2. The van der Waals surface area contributed by atoms with E-state index in [1.54, 1.807) is 36.4 Å². The highest BCUT2D eigenvalue weighted by atomic mass is 35.5. The van der Waals surface area contributed by atoms with Gasteiger partial charge in [-0.1, -0.05) is 41.4 Å². The van der Waals surface area contributed by atoms with Gasteiger partial charge in [-0.25, -0.2) is 5.43 Å². The standard InChI is InChI=1S/C25H24ClN3O4/c1-16-4-10-21(17(2)12-16)28-24(30)25(31)29-27-14-19-7-11-22(23(13-19)32-3)33-15-18-5-8-20(26)9-6-18/h4-14H,15H2,1-3H3,(H,28,30)(H,29,31)/b27-14+. The topological polar surface area (TPSA) is 89.0 Å². The molecule has 0 saturated heterocycles. The monoisotopic (exact) mass is 465 g/mol. The Balaban J connectivity index is 1.57. The van der Waals surface area contributed by atoms with Crippen molar-refractivity contribution in [2.75, 3.05) is 12.4 Å². The van der Waals surface area contributed by atoms with E-state index in [9.17, 15) is 9.59 Å². The van der Waals surface area contributed by atoms with Crippen molar-refractivity contribution in [2.24, 2.45) is 5.10 Å². The van der Waals surface area contributed by atoms with Gasteiger partial charge in [-0.3, -0.25) is 9.59 Å². The van der Waals surface area contributed by atoms with Crippen molar-refractivity contribution in [3.05, 3.63) is 87.9 Å².